The number of hydrogen-bond donors (Lipinski definition) is 2. The van der Waals surface area contributed by atoms with Gasteiger partial charge in [0.1, 0.15) is 6.33 Å². The molecule has 8 nitrogen and oxygen atoms in total. The molecule has 0 unspecified atom stereocenters. The first-order valence-corrected chi connectivity index (χ1v) is 9.58. The van der Waals surface area contributed by atoms with E-state index in [4.69, 9.17) is 11.5 Å². The van der Waals surface area contributed by atoms with Gasteiger partial charge in [-0.15, -0.1) is 0 Å². The standard InChI is InChI=1S/C19H18FN7OS/c1-11-4-14(13-2-3-17-15(5-13)25-18(22)29-17)23-8-16(11)26-10-24-27(19(26)28)9-12(6-20)7-21/h2-6,8,10H,7,9,21H2,1H3,(H2,22,25)/b12-6+. The molecule has 0 radical (unpaired) electrons. The van der Waals surface area contributed by atoms with Crippen LogP contribution in [0.15, 0.2) is 53.5 Å². The van der Waals surface area contributed by atoms with Crippen LogP contribution in [0.25, 0.3) is 27.2 Å². The van der Waals surface area contributed by atoms with Gasteiger partial charge in [-0.3, -0.25) is 4.98 Å². The summed E-state index contributed by atoms with van der Waals surface area (Å²) >= 11 is 1.43. The Bertz CT molecular complexity index is 1290. The van der Waals surface area contributed by atoms with Crippen molar-refractivity contribution in [2.24, 2.45) is 5.73 Å². The summed E-state index contributed by atoms with van der Waals surface area (Å²) in [5.74, 6) is 0. The van der Waals surface area contributed by atoms with Gasteiger partial charge in [-0.25, -0.2) is 23.4 Å². The maximum Gasteiger partial charge on any atom is 0.350 e. The topological polar surface area (TPSA) is 118 Å². The number of pyridine rings is 1. The Kier molecular flexibility index (Phi) is 4.95. The quantitative estimate of drug-likeness (QED) is 0.521. The van der Waals surface area contributed by atoms with Crippen LogP contribution in [0.2, 0.25) is 0 Å². The molecule has 0 amide bonds. The van der Waals surface area contributed by atoms with Crippen molar-refractivity contribution in [1.82, 2.24) is 24.3 Å². The highest BCUT2D eigenvalue weighted by Gasteiger charge is 2.12. The molecule has 0 saturated carbocycles. The van der Waals surface area contributed by atoms with E-state index in [1.165, 1.54) is 22.2 Å². The normalized spacial score (nSPS) is 12.0. The molecule has 10 heteroatoms. The van der Waals surface area contributed by atoms with Gasteiger partial charge in [0, 0.05) is 12.1 Å². The minimum Gasteiger partial charge on any atom is -0.375 e. The second-order valence-corrected chi connectivity index (χ2v) is 7.57. The molecule has 0 aliphatic carbocycles. The second-order valence-electron chi connectivity index (χ2n) is 6.50. The van der Waals surface area contributed by atoms with Crippen molar-refractivity contribution in [2.75, 3.05) is 12.3 Å². The van der Waals surface area contributed by atoms with E-state index in [1.54, 1.807) is 6.20 Å². The van der Waals surface area contributed by atoms with Crippen LogP contribution in [0.1, 0.15) is 5.56 Å². The zero-order valence-electron chi connectivity index (χ0n) is 15.5. The molecule has 29 heavy (non-hydrogen) atoms. The summed E-state index contributed by atoms with van der Waals surface area (Å²) in [6, 6.07) is 7.75. The number of fused-ring (bicyclic) bond motifs is 1. The van der Waals surface area contributed by atoms with Crippen molar-refractivity contribution < 1.29 is 4.39 Å². The lowest BCUT2D eigenvalue weighted by atomic mass is 10.1. The average molecular weight is 411 g/mol. The zero-order chi connectivity index (χ0) is 20.5. The largest absolute Gasteiger partial charge is 0.375 e. The van der Waals surface area contributed by atoms with Crippen molar-refractivity contribution in [1.29, 1.82) is 0 Å². The molecule has 0 atom stereocenters. The number of nitrogens with two attached hydrogens (primary N) is 2. The highest BCUT2D eigenvalue weighted by molar-refractivity contribution is 7.22. The molecular formula is C19H18FN7OS. The molecule has 0 saturated heterocycles. The molecular weight excluding hydrogens is 393 g/mol. The van der Waals surface area contributed by atoms with Crippen LogP contribution in [0, 0.1) is 6.92 Å². The number of anilines is 1. The smallest absolute Gasteiger partial charge is 0.350 e. The first kappa shape index (κ1) is 19.0. The molecule has 1 aromatic carbocycles. The van der Waals surface area contributed by atoms with Crippen molar-refractivity contribution in [3.63, 3.8) is 0 Å². The van der Waals surface area contributed by atoms with E-state index in [2.05, 4.69) is 15.1 Å². The Labute approximate surface area is 168 Å². The molecule has 148 valence electrons. The minimum atomic E-state index is -0.394. The number of benzene rings is 1. The Morgan fingerprint density at radius 1 is 1.34 bits per heavy atom. The fourth-order valence-electron chi connectivity index (χ4n) is 3.01. The van der Waals surface area contributed by atoms with Crippen LogP contribution >= 0.6 is 11.3 Å². The summed E-state index contributed by atoms with van der Waals surface area (Å²) in [6.07, 6.45) is 3.41. The maximum atomic E-state index is 12.8. The van der Waals surface area contributed by atoms with Crippen LogP contribution in [-0.4, -0.2) is 30.9 Å². The van der Waals surface area contributed by atoms with E-state index >= 15 is 0 Å². The van der Waals surface area contributed by atoms with Crippen LogP contribution < -0.4 is 17.2 Å². The highest BCUT2D eigenvalue weighted by atomic mass is 32.1. The number of nitrogen functional groups attached to an aromatic ring is 1. The predicted molar refractivity (Wildman–Crippen MR) is 112 cm³/mol. The van der Waals surface area contributed by atoms with Gasteiger partial charge in [-0.1, -0.05) is 17.4 Å². The fraction of sp³-hybridized carbons (Fsp3) is 0.158. The van der Waals surface area contributed by atoms with E-state index < -0.39 is 5.69 Å². The van der Waals surface area contributed by atoms with Gasteiger partial charge >= 0.3 is 5.69 Å². The summed E-state index contributed by atoms with van der Waals surface area (Å²) in [6.45, 7) is 1.90. The number of hydrogen-bond acceptors (Lipinski definition) is 7. The summed E-state index contributed by atoms with van der Waals surface area (Å²) in [5.41, 5.74) is 15.0. The molecule has 3 aromatic heterocycles. The summed E-state index contributed by atoms with van der Waals surface area (Å²) < 4.78 is 16.3. The number of aromatic nitrogens is 5. The van der Waals surface area contributed by atoms with Gasteiger partial charge in [0.2, 0.25) is 0 Å². The van der Waals surface area contributed by atoms with Crippen LogP contribution in [0.5, 0.6) is 0 Å². The van der Waals surface area contributed by atoms with E-state index in [0.29, 0.717) is 17.1 Å². The molecule has 0 aliphatic heterocycles. The first-order chi connectivity index (χ1) is 14.0. The lowest BCUT2D eigenvalue weighted by Crippen LogP contribution is -2.26. The minimum absolute atomic E-state index is 0.000178. The van der Waals surface area contributed by atoms with E-state index in [9.17, 15) is 9.18 Å². The Morgan fingerprint density at radius 2 is 2.17 bits per heavy atom. The number of aryl methyl sites for hydroxylation is 1. The average Bonchev–Trinajstić information content (AvgIpc) is 3.27. The molecule has 0 aliphatic rings. The predicted octanol–water partition coefficient (Wildman–Crippen LogP) is 2.41. The number of halogens is 1. The van der Waals surface area contributed by atoms with E-state index in [0.717, 1.165) is 31.7 Å². The van der Waals surface area contributed by atoms with E-state index in [1.807, 2.05) is 31.2 Å². The van der Waals surface area contributed by atoms with Crippen molar-refractivity contribution >= 4 is 26.7 Å². The van der Waals surface area contributed by atoms with Crippen molar-refractivity contribution in [2.45, 2.75) is 13.5 Å². The first-order valence-electron chi connectivity index (χ1n) is 8.76. The molecule has 0 fully saturated rings. The molecule has 3 heterocycles. The Morgan fingerprint density at radius 3 is 2.90 bits per heavy atom. The Balaban J connectivity index is 1.68. The summed E-state index contributed by atoms with van der Waals surface area (Å²) in [4.78, 5) is 21.4. The zero-order valence-corrected chi connectivity index (χ0v) is 16.4. The third kappa shape index (κ3) is 3.55. The van der Waals surface area contributed by atoms with Gasteiger partial charge in [-0.05, 0) is 36.3 Å². The Hall–Kier alpha value is -3.37. The lowest BCUT2D eigenvalue weighted by Gasteiger charge is -2.08. The van der Waals surface area contributed by atoms with Gasteiger partial charge in [0.15, 0.2) is 5.13 Å². The summed E-state index contributed by atoms with van der Waals surface area (Å²) in [5, 5.41) is 4.57. The van der Waals surface area contributed by atoms with Crippen molar-refractivity contribution in [3.05, 3.63) is 64.7 Å². The third-order valence-corrected chi connectivity index (χ3v) is 5.41. The summed E-state index contributed by atoms with van der Waals surface area (Å²) in [7, 11) is 0. The van der Waals surface area contributed by atoms with Gasteiger partial charge in [0.25, 0.3) is 0 Å². The van der Waals surface area contributed by atoms with E-state index in [-0.39, 0.29) is 18.7 Å². The number of thiazole rings is 1. The number of nitrogens with zero attached hydrogens (tertiary/aromatic N) is 5. The van der Waals surface area contributed by atoms with Crippen LogP contribution in [0.4, 0.5) is 9.52 Å². The molecule has 0 spiro atoms. The third-order valence-electron chi connectivity index (χ3n) is 4.55. The lowest BCUT2D eigenvalue weighted by molar-refractivity contribution is 0.612. The molecule has 4 rings (SSSR count). The maximum absolute atomic E-state index is 12.8. The second kappa shape index (κ2) is 7.57. The number of rotatable bonds is 5. The monoisotopic (exact) mass is 411 g/mol. The highest BCUT2D eigenvalue weighted by Crippen LogP contribution is 2.29. The molecule has 4 aromatic rings. The van der Waals surface area contributed by atoms with Crippen molar-refractivity contribution in [3.8, 4) is 16.9 Å². The molecule has 4 N–H and O–H groups in total. The molecule has 0 bridgehead atoms. The van der Waals surface area contributed by atoms with Gasteiger partial charge in [-0.2, -0.15) is 5.10 Å². The SMILES string of the molecule is Cc1cc(-c2ccc3sc(N)nc3c2)ncc1-n1cnn(C/C(=C/F)CN)c1=O. The van der Waals surface area contributed by atoms with Gasteiger partial charge in [0.05, 0.1) is 40.7 Å². The van der Waals surface area contributed by atoms with Crippen LogP contribution in [0.3, 0.4) is 0 Å². The van der Waals surface area contributed by atoms with Gasteiger partial charge < -0.3 is 11.5 Å². The van der Waals surface area contributed by atoms with Crippen LogP contribution in [-0.2, 0) is 6.54 Å². The fourth-order valence-corrected chi connectivity index (χ4v) is 3.72.